The molecule has 5 heteroatoms. The molecule has 0 spiro atoms. The van der Waals surface area contributed by atoms with E-state index in [2.05, 4.69) is 137 Å². The molecule has 10 rings (SSSR count). The van der Waals surface area contributed by atoms with E-state index in [-0.39, 0.29) is 12.0 Å². The van der Waals surface area contributed by atoms with Crippen molar-refractivity contribution < 1.29 is 0 Å². The van der Waals surface area contributed by atoms with Gasteiger partial charge in [-0.2, -0.15) is 9.97 Å². The van der Waals surface area contributed by atoms with Gasteiger partial charge in [0.2, 0.25) is 5.95 Å². The smallest absolute Gasteiger partial charge is 0.234 e. The zero-order chi connectivity index (χ0) is 31.6. The fraction of sp³-hybridized carbons (Fsp3) is 0.0465. The third-order valence-electron chi connectivity index (χ3n) is 9.74. The molecule has 226 valence electrons. The first-order chi connectivity index (χ1) is 23.8. The van der Waals surface area contributed by atoms with Crippen molar-refractivity contribution in [2.75, 3.05) is 4.90 Å². The SMILES string of the molecule is C1=CC2c3c(c4c(c5ccccc35)c3ccccc3n4-c3ccccc3)N(c3nc(-c4ccccc4)nc(-c4ccccc4)n3)C2C=C1. The van der Waals surface area contributed by atoms with Crippen LogP contribution >= 0.6 is 0 Å². The van der Waals surface area contributed by atoms with Crippen molar-refractivity contribution >= 4 is 44.2 Å². The lowest BCUT2D eigenvalue weighted by Gasteiger charge is -2.27. The highest BCUT2D eigenvalue weighted by atomic mass is 15.3. The van der Waals surface area contributed by atoms with E-state index >= 15 is 0 Å². The van der Waals surface area contributed by atoms with E-state index in [1.165, 1.54) is 32.6 Å². The predicted molar refractivity (Wildman–Crippen MR) is 196 cm³/mol. The van der Waals surface area contributed by atoms with Crippen molar-refractivity contribution in [2.45, 2.75) is 12.0 Å². The van der Waals surface area contributed by atoms with Crippen LogP contribution in [0.15, 0.2) is 164 Å². The number of para-hydroxylation sites is 2. The Hall–Kier alpha value is -6.33. The minimum Gasteiger partial charge on any atom is -0.307 e. The maximum absolute atomic E-state index is 5.28. The second-order valence-electron chi connectivity index (χ2n) is 12.4. The number of fused-ring (bicyclic) bond motifs is 10. The van der Waals surface area contributed by atoms with Gasteiger partial charge in [-0.15, -0.1) is 0 Å². The Morgan fingerprint density at radius 2 is 1.06 bits per heavy atom. The minimum absolute atomic E-state index is 0.0177. The largest absolute Gasteiger partial charge is 0.307 e. The third-order valence-corrected chi connectivity index (χ3v) is 9.74. The van der Waals surface area contributed by atoms with E-state index in [0.717, 1.165) is 28.0 Å². The highest BCUT2D eigenvalue weighted by molar-refractivity contribution is 6.27. The number of hydrogen-bond acceptors (Lipinski definition) is 4. The second kappa shape index (κ2) is 10.6. The molecule has 0 N–H and O–H groups in total. The highest BCUT2D eigenvalue weighted by Crippen LogP contribution is 2.55. The summed E-state index contributed by atoms with van der Waals surface area (Å²) in [6.07, 6.45) is 8.98. The Labute approximate surface area is 277 Å². The van der Waals surface area contributed by atoms with Gasteiger partial charge in [-0.3, -0.25) is 0 Å². The first kappa shape index (κ1) is 26.8. The van der Waals surface area contributed by atoms with Crippen molar-refractivity contribution in [1.82, 2.24) is 19.5 Å². The van der Waals surface area contributed by atoms with Crippen LogP contribution in [-0.4, -0.2) is 25.6 Å². The van der Waals surface area contributed by atoms with Crippen LogP contribution < -0.4 is 4.90 Å². The topological polar surface area (TPSA) is 46.8 Å². The summed E-state index contributed by atoms with van der Waals surface area (Å²) >= 11 is 0. The van der Waals surface area contributed by atoms with Crippen molar-refractivity contribution in [3.8, 4) is 28.5 Å². The van der Waals surface area contributed by atoms with Crippen LogP contribution in [0.4, 0.5) is 11.6 Å². The lowest BCUT2D eigenvalue weighted by Crippen LogP contribution is -2.30. The standard InChI is InChI=1S/C43H29N5/c1-4-16-28(17-5-1)41-44-42(29-18-6-2-7-19-29)46-43(45-41)48-36-27-15-13-25-34(36)38-32-23-11-10-22-31(32)37-33-24-12-14-26-35(33)47(39(37)40(38)48)30-20-8-3-9-21-30/h1-27,34,36H. The lowest BCUT2D eigenvalue weighted by atomic mass is 9.87. The fourth-order valence-electron chi connectivity index (χ4n) is 7.75. The lowest BCUT2D eigenvalue weighted by molar-refractivity contribution is 0.730. The molecule has 0 bridgehead atoms. The molecule has 2 aliphatic rings. The zero-order valence-electron chi connectivity index (χ0n) is 26.0. The van der Waals surface area contributed by atoms with Gasteiger partial charge in [-0.05, 0) is 34.5 Å². The molecule has 2 atom stereocenters. The molecule has 8 aromatic rings. The number of allylic oxidation sites excluding steroid dienone is 2. The van der Waals surface area contributed by atoms with Crippen molar-refractivity contribution in [3.05, 3.63) is 169 Å². The first-order valence-electron chi connectivity index (χ1n) is 16.4. The summed E-state index contributed by atoms with van der Waals surface area (Å²) in [6, 6.07) is 48.8. The van der Waals surface area contributed by atoms with Gasteiger partial charge in [-0.1, -0.05) is 146 Å². The van der Waals surface area contributed by atoms with Crippen molar-refractivity contribution in [1.29, 1.82) is 0 Å². The summed E-state index contributed by atoms with van der Waals surface area (Å²) in [6.45, 7) is 0. The van der Waals surface area contributed by atoms with Crippen LogP contribution in [0.1, 0.15) is 11.5 Å². The molecule has 0 fully saturated rings. The molecule has 48 heavy (non-hydrogen) atoms. The number of anilines is 2. The minimum atomic E-state index is -0.0177. The summed E-state index contributed by atoms with van der Waals surface area (Å²) in [5, 5.41) is 4.98. The zero-order valence-corrected chi connectivity index (χ0v) is 26.0. The van der Waals surface area contributed by atoms with Gasteiger partial charge < -0.3 is 9.47 Å². The first-order valence-corrected chi connectivity index (χ1v) is 16.4. The molecule has 3 heterocycles. The average Bonchev–Trinajstić information content (AvgIpc) is 3.70. The number of nitrogens with zero attached hydrogens (tertiary/aromatic N) is 5. The van der Waals surface area contributed by atoms with Crippen LogP contribution in [-0.2, 0) is 0 Å². The van der Waals surface area contributed by atoms with Crippen molar-refractivity contribution in [3.63, 3.8) is 0 Å². The Balaban J connectivity index is 1.37. The Morgan fingerprint density at radius 1 is 0.500 bits per heavy atom. The molecule has 5 nitrogen and oxygen atoms in total. The van der Waals surface area contributed by atoms with E-state index < -0.39 is 0 Å². The Kier molecular flexibility index (Phi) is 5.93. The third kappa shape index (κ3) is 3.94. The highest BCUT2D eigenvalue weighted by Gasteiger charge is 2.43. The molecule has 0 saturated carbocycles. The van der Waals surface area contributed by atoms with Gasteiger partial charge in [0.05, 0.1) is 22.8 Å². The van der Waals surface area contributed by atoms with Gasteiger partial charge in [0.25, 0.3) is 0 Å². The van der Waals surface area contributed by atoms with E-state index in [1.807, 2.05) is 36.4 Å². The predicted octanol–water partition coefficient (Wildman–Crippen LogP) is 10.2. The van der Waals surface area contributed by atoms with Crippen LogP contribution in [0.2, 0.25) is 0 Å². The monoisotopic (exact) mass is 615 g/mol. The summed E-state index contributed by atoms with van der Waals surface area (Å²) in [5.74, 6) is 2.05. The Bertz CT molecular complexity index is 2510. The quantitative estimate of drug-likeness (QED) is 0.198. The molecule has 1 aliphatic carbocycles. The average molecular weight is 616 g/mol. The molecule has 1 aliphatic heterocycles. The molecule has 0 saturated heterocycles. The maximum atomic E-state index is 5.28. The maximum Gasteiger partial charge on any atom is 0.234 e. The molecule has 2 aromatic heterocycles. The van der Waals surface area contributed by atoms with Gasteiger partial charge in [-0.25, -0.2) is 4.98 Å². The van der Waals surface area contributed by atoms with Gasteiger partial charge >= 0.3 is 0 Å². The van der Waals surface area contributed by atoms with E-state index in [0.29, 0.717) is 17.6 Å². The van der Waals surface area contributed by atoms with Gasteiger partial charge in [0.1, 0.15) is 0 Å². The van der Waals surface area contributed by atoms with E-state index in [9.17, 15) is 0 Å². The summed E-state index contributed by atoms with van der Waals surface area (Å²) in [4.78, 5) is 18.0. The summed E-state index contributed by atoms with van der Waals surface area (Å²) in [7, 11) is 0. The number of benzene rings is 6. The molecular weight excluding hydrogens is 587 g/mol. The Morgan fingerprint density at radius 3 is 1.75 bits per heavy atom. The summed E-state index contributed by atoms with van der Waals surface area (Å²) in [5.41, 5.74) is 7.79. The van der Waals surface area contributed by atoms with Crippen LogP contribution in [0.3, 0.4) is 0 Å². The second-order valence-corrected chi connectivity index (χ2v) is 12.4. The number of hydrogen-bond donors (Lipinski definition) is 0. The van der Waals surface area contributed by atoms with Gasteiger partial charge in [0, 0.05) is 33.5 Å². The molecular formula is C43H29N5. The number of rotatable bonds is 4. The van der Waals surface area contributed by atoms with Crippen LogP contribution in [0, 0.1) is 0 Å². The molecule has 0 radical (unpaired) electrons. The van der Waals surface area contributed by atoms with Crippen LogP contribution in [0.5, 0.6) is 0 Å². The normalized spacial score (nSPS) is 16.5. The van der Waals surface area contributed by atoms with Crippen molar-refractivity contribution in [2.24, 2.45) is 0 Å². The molecule has 6 aromatic carbocycles. The summed E-state index contributed by atoms with van der Waals surface area (Å²) < 4.78 is 2.44. The van der Waals surface area contributed by atoms with E-state index in [4.69, 9.17) is 15.0 Å². The van der Waals surface area contributed by atoms with E-state index in [1.54, 1.807) is 0 Å². The van der Waals surface area contributed by atoms with Crippen LogP contribution in [0.25, 0.3) is 61.0 Å². The molecule has 0 amide bonds. The number of aromatic nitrogens is 4. The fourth-order valence-corrected chi connectivity index (χ4v) is 7.75. The molecule has 2 unspecified atom stereocenters. The van der Waals surface area contributed by atoms with Gasteiger partial charge in [0.15, 0.2) is 11.6 Å².